The summed E-state index contributed by atoms with van der Waals surface area (Å²) in [5.74, 6) is -0.182. The van der Waals surface area contributed by atoms with Gasteiger partial charge in [-0.15, -0.1) is 0 Å². The summed E-state index contributed by atoms with van der Waals surface area (Å²) in [6.07, 6.45) is 0. The summed E-state index contributed by atoms with van der Waals surface area (Å²) in [6, 6.07) is 13.1. The van der Waals surface area contributed by atoms with Crippen molar-refractivity contribution in [2.24, 2.45) is 0 Å². The molecule has 0 N–H and O–H groups in total. The zero-order chi connectivity index (χ0) is 12.7. The number of fused-ring (bicyclic) bond motifs is 1. The van der Waals surface area contributed by atoms with Gasteiger partial charge in [0.15, 0.2) is 0 Å². The number of likely N-dealkylation sites (N-methyl/N-ethyl adjacent to an activating group) is 1. The number of anilines is 1. The molecule has 0 saturated carbocycles. The topological polar surface area (TPSA) is 40.6 Å². The zero-order valence-corrected chi connectivity index (χ0v) is 9.96. The molecular formula is C14H12N2O2. The first kappa shape index (κ1) is 10.8. The van der Waals surface area contributed by atoms with Gasteiger partial charge in [-0.3, -0.25) is 4.79 Å². The van der Waals surface area contributed by atoms with Gasteiger partial charge >= 0.3 is 6.03 Å². The summed E-state index contributed by atoms with van der Waals surface area (Å²) < 4.78 is 0. The molecule has 0 aromatic heterocycles. The molecule has 1 aliphatic heterocycles. The normalized spacial score (nSPS) is 15.8. The Labute approximate surface area is 104 Å². The van der Waals surface area contributed by atoms with Crippen LogP contribution in [0.1, 0.15) is 0 Å². The average Bonchev–Trinajstić information content (AvgIpc) is 2.63. The average molecular weight is 240 g/mol. The van der Waals surface area contributed by atoms with E-state index in [2.05, 4.69) is 0 Å². The van der Waals surface area contributed by atoms with E-state index in [0.29, 0.717) is 5.69 Å². The third-order valence-electron chi connectivity index (χ3n) is 3.15. The van der Waals surface area contributed by atoms with E-state index >= 15 is 0 Å². The smallest absolute Gasteiger partial charge is 0.318 e. The Bertz CT molecular complexity index is 646. The fourth-order valence-electron chi connectivity index (χ4n) is 2.26. The maximum atomic E-state index is 12.0. The van der Waals surface area contributed by atoms with Crippen molar-refractivity contribution in [1.29, 1.82) is 0 Å². The number of amides is 3. The van der Waals surface area contributed by atoms with Crippen molar-refractivity contribution in [1.82, 2.24) is 4.90 Å². The minimum atomic E-state index is -0.267. The summed E-state index contributed by atoms with van der Waals surface area (Å²) in [6.45, 7) is 0.141. The van der Waals surface area contributed by atoms with Crippen LogP contribution in [-0.2, 0) is 4.79 Å². The minimum Gasteiger partial charge on any atom is -0.318 e. The van der Waals surface area contributed by atoms with Crippen LogP contribution in [-0.4, -0.2) is 30.4 Å². The Balaban J connectivity index is 2.21. The van der Waals surface area contributed by atoms with Crippen molar-refractivity contribution in [3.63, 3.8) is 0 Å². The molecule has 1 fully saturated rings. The molecule has 0 bridgehead atoms. The molecule has 3 amide bonds. The van der Waals surface area contributed by atoms with E-state index in [0.717, 1.165) is 10.8 Å². The summed E-state index contributed by atoms with van der Waals surface area (Å²) in [5, 5.41) is 1.93. The van der Waals surface area contributed by atoms with Gasteiger partial charge in [-0.05, 0) is 11.5 Å². The number of nitrogens with zero attached hydrogens (tertiary/aromatic N) is 2. The van der Waals surface area contributed by atoms with Gasteiger partial charge in [-0.1, -0.05) is 36.4 Å². The lowest BCUT2D eigenvalue weighted by Crippen LogP contribution is -2.31. The van der Waals surface area contributed by atoms with E-state index in [1.165, 1.54) is 9.80 Å². The molecule has 4 heteroatoms. The number of hydrogen-bond acceptors (Lipinski definition) is 2. The molecule has 2 aromatic rings. The lowest BCUT2D eigenvalue weighted by atomic mass is 10.1. The molecule has 90 valence electrons. The standard InChI is InChI=1S/C14H12N2O2/c1-15-9-13(17)16(14(15)18)12-8-4-6-10-5-2-3-7-11(10)12/h2-8H,9H2,1H3. The molecule has 2 aromatic carbocycles. The van der Waals surface area contributed by atoms with Crippen molar-refractivity contribution in [3.8, 4) is 0 Å². The van der Waals surface area contributed by atoms with Crippen LogP contribution in [0.2, 0.25) is 0 Å². The second-order valence-corrected chi connectivity index (χ2v) is 4.37. The molecule has 18 heavy (non-hydrogen) atoms. The zero-order valence-electron chi connectivity index (χ0n) is 9.96. The molecule has 3 rings (SSSR count). The lowest BCUT2D eigenvalue weighted by Gasteiger charge is -2.16. The molecule has 1 heterocycles. The number of urea groups is 1. The third-order valence-corrected chi connectivity index (χ3v) is 3.15. The molecule has 0 unspecified atom stereocenters. The van der Waals surface area contributed by atoms with Gasteiger partial charge in [0.25, 0.3) is 5.91 Å². The first-order valence-electron chi connectivity index (χ1n) is 5.74. The number of carbonyl (C=O) groups excluding carboxylic acids is 2. The number of rotatable bonds is 1. The molecule has 4 nitrogen and oxygen atoms in total. The highest BCUT2D eigenvalue weighted by molar-refractivity contribution is 6.22. The van der Waals surface area contributed by atoms with Gasteiger partial charge in [0.1, 0.15) is 6.54 Å². The minimum absolute atomic E-state index is 0.141. The van der Waals surface area contributed by atoms with Crippen LogP contribution in [0, 0.1) is 0 Å². The Morgan fingerprint density at radius 3 is 2.44 bits per heavy atom. The molecule has 1 saturated heterocycles. The Morgan fingerprint density at radius 1 is 1.00 bits per heavy atom. The summed E-state index contributed by atoms with van der Waals surface area (Å²) in [7, 11) is 1.63. The number of benzene rings is 2. The molecule has 0 atom stereocenters. The highest BCUT2D eigenvalue weighted by atomic mass is 16.2. The lowest BCUT2D eigenvalue weighted by molar-refractivity contribution is -0.116. The summed E-state index contributed by atoms with van der Waals surface area (Å²) in [4.78, 5) is 26.6. The van der Waals surface area contributed by atoms with Gasteiger partial charge < -0.3 is 4.90 Å². The van der Waals surface area contributed by atoms with E-state index in [4.69, 9.17) is 0 Å². The van der Waals surface area contributed by atoms with E-state index in [1.807, 2.05) is 36.4 Å². The molecular weight excluding hydrogens is 228 g/mol. The fourth-order valence-corrected chi connectivity index (χ4v) is 2.26. The SMILES string of the molecule is CN1CC(=O)N(c2cccc3ccccc23)C1=O. The highest BCUT2D eigenvalue weighted by Gasteiger charge is 2.35. The predicted molar refractivity (Wildman–Crippen MR) is 69.5 cm³/mol. The first-order valence-corrected chi connectivity index (χ1v) is 5.74. The van der Waals surface area contributed by atoms with Crippen molar-refractivity contribution >= 4 is 28.4 Å². The van der Waals surface area contributed by atoms with Gasteiger partial charge in [-0.25, -0.2) is 9.69 Å². The maximum Gasteiger partial charge on any atom is 0.331 e. The van der Waals surface area contributed by atoms with Crippen molar-refractivity contribution < 1.29 is 9.59 Å². The van der Waals surface area contributed by atoms with Crippen molar-refractivity contribution in [3.05, 3.63) is 42.5 Å². The second kappa shape index (κ2) is 3.84. The molecule has 0 radical (unpaired) electrons. The van der Waals surface area contributed by atoms with Crippen molar-refractivity contribution in [2.75, 3.05) is 18.5 Å². The number of imide groups is 1. The third kappa shape index (κ3) is 1.46. The van der Waals surface area contributed by atoms with E-state index in [1.54, 1.807) is 13.1 Å². The molecule has 0 spiro atoms. The van der Waals surface area contributed by atoms with Gasteiger partial charge in [-0.2, -0.15) is 0 Å². The largest absolute Gasteiger partial charge is 0.331 e. The highest BCUT2D eigenvalue weighted by Crippen LogP contribution is 2.29. The quantitative estimate of drug-likeness (QED) is 0.717. The molecule has 1 aliphatic rings. The Morgan fingerprint density at radius 2 is 1.72 bits per heavy atom. The first-order chi connectivity index (χ1) is 8.68. The Hall–Kier alpha value is -2.36. The number of carbonyl (C=O) groups is 2. The number of hydrogen-bond donors (Lipinski definition) is 0. The second-order valence-electron chi connectivity index (χ2n) is 4.37. The summed E-state index contributed by atoms with van der Waals surface area (Å²) in [5.41, 5.74) is 0.660. The van der Waals surface area contributed by atoms with E-state index in [-0.39, 0.29) is 18.5 Å². The van der Waals surface area contributed by atoms with Gasteiger partial charge in [0.05, 0.1) is 5.69 Å². The monoisotopic (exact) mass is 240 g/mol. The Kier molecular flexibility index (Phi) is 2.30. The fraction of sp³-hybridized carbons (Fsp3) is 0.143. The summed E-state index contributed by atoms with van der Waals surface area (Å²) >= 11 is 0. The van der Waals surface area contributed by atoms with Gasteiger partial charge in [0, 0.05) is 12.4 Å². The van der Waals surface area contributed by atoms with Crippen LogP contribution in [0.5, 0.6) is 0 Å². The van der Waals surface area contributed by atoms with Crippen LogP contribution in [0.4, 0.5) is 10.5 Å². The maximum absolute atomic E-state index is 12.0. The van der Waals surface area contributed by atoms with Crippen molar-refractivity contribution in [2.45, 2.75) is 0 Å². The van der Waals surface area contributed by atoms with Crippen LogP contribution >= 0.6 is 0 Å². The van der Waals surface area contributed by atoms with Crippen LogP contribution in [0.15, 0.2) is 42.5 Å². The predicted octanol–water partition coefficient (Wildman–Crippen LogP) is 2.24. The van der Waals surface area contributed by atoms with Crippen LogP contribution < -0.4 is 4.90 Å². The molecule has 0 aliphatic carbocycles. The van der Waals surface area contributed by atoms with Gasteiger partial charge in [0.2, 0.25) is 0 Å². The van der Waals surface area contributed by atoms with Crippen LogP contribution in [0.25, 0.3) is 10.8 Å². The van der Waals surface area contributed by atoms with Crippen LogP contribution in [0.3, 0.4) is 0 Å². The van der Waals surface area contributed by atoms with E-state index < -0.39 is 0 Å². The van der Waals surface area contributed by atoms with E-state index in [9.17, 15) is 9.59 Å².